The van der Waals surface area contributed by atoms with Crippen LogP contribution in [0.5, 0.6) is 0 Å². The number of pyridine rings is 2. The molecule has 3 rings (SSSR count). The number of rotatable bonds is 6. The number of aromatic nitrogens is 4. The van der Waals surface area contributed by atoms with Gasteiger partial charge in [0, 0.05) is 30.3 Å². The molecule has 0 aliphatic rings. The molecule has 3 aromatic rings. The Hall–Kier alpha value is -3.29. The number of aryl methyl sites for hydroxylation is 2. The van der Waals surface area contributed by atoms with Gasteiger partial charge >= 0.3 is 0 Å². The highest BCUT2D eigenvalue weighted by Gasteiger charge is 2.19. The van der Waals surface area contributed by atoms with Gasteiger partial charge in [0.1, 0.15) is 5.78 Å². The molecule has 3 aromatic heterocycles. The maximum absolute atomic E-state index is 13.0. The van der Waals surface area contributed by atoms with Crippen molar-refractivity contribution in [3.05, 3.63) is 56.8 Å². The first-order chi connectivity index (χ1) is 13.7. The number of amides is 1. The van der Waals surface area contributed by atoms with E-state index in [4.69, 9.17) is 0 Å². The molecule has 0 saturated heterocycles. The van der Waals surface area contributed by atoms with Crippen molar-refractivity contribution >= 4 is 22.7 Å². The molecule has 0 aromatic carbocycles. The Bertz CT molecular complexity index is 1160. The van der Waals surface area contributed by atoms with Crippen molar-refractivity contribution in [2.45, 2.75) is 53.6 Å². The van der Waals surface area contributed by atoms with Gasteiger partial charge in [-0.25, -0.2) is 9.67 Å². The number of hydrogen-bond donors (Lipinski definition) is 2. The number of carbonyl (C=O) groups is 2. The zero-order valence-corrected chi connectivity index (χ0v) is 17.3. The highest BCUT2D eigenvalue weighted by atomic mass is 16.2. The molecule has 0 saturated carbocycles. The number of aromatic amines is 1. The molecule has 1 amide bonds. The van der Waals surface area contributed by atoms with Crippen LogP contribution in [-0.4, -0.2) is 31.4 Å². The Labute approximate surface area is 168 Å². The summed E-state index contributed by atoms with van der Waals surface area (Å²) in [5.74, 6) is -0.384. The third kappa shape index (κ3) is 4.26. The van der Waals surface area contributed by atoms with Gasteiger partial charge in [-0.1, -0.05) is 0 Å². The first kappa shape index (κ1) is 20.4. The van der Waals surface area contributed by atoms with Gasteiger partial charge in [0.25, 0.3) is 11.5 Å². The van der Waals surface area contributed by atoms with E-state index in [0.29, 0.717) is 27.9 Å². The third-order valence-corrected chi connectivity index (χ3v) is 4.70. The number of H-pyrrole nitrogens is 1. The lowest BCUT2D eigenvalue weighted by molar-refractivity contribution is -0.116. The smallest absolute Gasteiger partial charge is 0.253 e. The fraction of sp³-hybridized carbons (Fsp3) is 0.381. The summed E-state index contributed by atoms with van der Waals surface area (Å²) >= 11 is 0. The Morgan fingerprint density at radius 3 is 2.59 bits per heavy atom. The predicted octanol–water partition coefficient (Wildman–Crippen LogP) is 2.38. The van der Waals surface area contributed by atoms with E-state index in [9.17, 15) is 14.4 Å². The summed E-state index contributed by atoms with van der Waals surface area (Å²) in [7, 11) is 0. The molecule has 8 heteroatoms. The second-order valence-corrected chi connectivity index (χ2v) is 7.59. The van der Waals surface area contributed by atoms with E-state index < -0.39 is 0 Å². The SMILES string of the molecule is CC(=O)Cc1cc(C(=O)NCc2c(C)cc(C)[nH]c2=O)c2cnn(C(C)C)c2n1. The number of nitrogens with zero attached hydrogens (tertiary/aromatic N) is 3. The topological polar surface area (TPSA) is 110 Å². The van der Waals surface area contributed by atoms with Crippen molar-refractivity contribution in [3.63, 3.8) is 0 Å². The fourth-order valence-corrected chi connectivity index (χ4v) is 3.35. The molecule has 0 aliphatic carbocycles. The first-order valence-electron chi connectivity index (χ1n) is 9.51. The number of Topliss-reactive ketones (excluding diaryl/α,β-unsaturated/α-hetero) is 1. The molecule has 0 aliphatic heterocycles. The van der Waals surface area contributed by atoms with E-state index in [1.807, 2.05) is 33.8 Å². The van der Waals surface area contributed by atoms with Crippen LogP contribution in [0.1, 0.15) is 59.7 Å². The average molecular weight is 395 g/mol. The van der Waals surface area contributed by atoms with Crippen LogP contribution < -0.4 is 10.9 Å². The van der Waals surface area contributed by atoms with Gasteiger partial charge in [-0.15, -0.1) is 0 Å². The largest absolute Gasteiger partial charge is 0.348 e. The summed E-state index contributed by atoms with van der Waals surface area (Å²) in [4.78, 5) is 44.1. The first-order valence-corrected chi connectivity index (χ1v) is 9.51. The van der Waals surface area contributed by atoms with Crippen LogP contribution in [0.4, 0.5) is 0 Å². The molecule has 0 bridgehead atoms. The molecule has 0 spiro atoms. The van der Waals surface area contributed by atoms with E-state index in [1.165, 1.54) is 6.92 Å². The molecule has 8 nitrogen and oxygen atoms in total. The fourth-order valence-electron chi connectivity index (χ4n) is 3.35. The summed E-state index contributed by atoms with van der Waals surface area (Å²) in [5.41, 5.74) is 3.35. The number of hydrogen-bond acceptors (Lipinski definition) is 5. The molecule has 152 valence electrons. The molecule has 0 atom stereocenters. The third-order valence-electron chi connectivity index (χ3n) is 4.70. The van der Waals surface area contributed by atoms with Crippen LogP contribution in [0.3, 0.4) is 0 Å². The number of nitrogens with one attached hydrogen (secondary N) is 2. The number of fused-ring (bicyclic) bond motifs is 1. The van der Waals surface area contributed by atoms with Crippen molar-refractivity contribution in [1.29, 1.82) is 0 Å². The van der Waals surface area contributed by atoms with Crippen LogP contribution in [0, 0.1) is 13.8 Å². The second kappa shape index (κ2) is 7.98. The Kier molecular flexibility index (Phi) is 5.63. The molecule has 0 radical (unpaired) electrons. The van der Waals surface area contributed by atoms with Crippen molar-refractivity contribution in [2.75, 3.05) is 0 Å². The summed E-state index contributed by atoms with van der Waals surface area (Å²) < 4.78 is 1.73. The predicted molar refractivity (Wildman–Crippen MR) is 110 cm³/mol. The minimum Gasteiger partial charge on any atom is -0.348 e. The van der Waals surface area contributed by atoms with Gasteiger partial charge in [0.05, 0.1) is 22.8 Å². The van der Waals surface area contributed by atoms with Gasteiger partial charge in [-0.2, -0.15) is 5.10 Å². The maximum atomic E-state index is 13.0. The molecule has 0 fully saturated rings. The molecule has 2 N–H and O–H groups in total. The second-order valence-electron chi connectivity index (χ2n) is 7.59. The Morgan fingerprint density at radius 2 is 1.97 bits per heavy atom. The minimum absolute atomic E-state index is 0.0411. The van der Waals surface area contributed by atoms with Crippen molar-refractivity contribution in [2.24, 2.45) is 0 Å². The van der Waals surface area contributed by atoms with Gasteiger partial charge in [-0.3, -0.25) is 14.4 Å². The Balaban J connectivity index is 1.98. The van der Waals surface area contributed by atoms with Crippen molar-refractivity contribution < 1.29 is 9.59 Å². The lowest BCUT2D eigenvalue weighted by Gasteiger charge is -2.11. The Morgan fingerprint density at radius 1 is 1.24 bits per heavy atom. The van der Waals surface area contributed by atoms with E-state index in [0.717, 1.165) is 11.3 Å². The summed E-state index contributed by atoms with van der Waals surface area (Å²) in [6.07, 6.45) is 1.75. The normalized spacial score (nSPS) is 11.2. The zero-order valence-electron chi connectivity index (χ0n) is 17.3. The zero-order chi connectivity index (χ0) is 21.3. The molecular formula is C21H25N5O3. The highest BCUT2D eigenvalue weighted by Crippen LogP contribution is 2.21. The lowest BCUT2D eigenvalue weighted by atomic mass is 10.1. The van der Waals surface area contributed by atoms with E-state index >= 15 is 0 Å². The highest BCUT2D eigenvalue weighted by molar-refractivity contribution is 6.05. The van der Waals surface area contributed by atoms with Gasteiger partial charge in [-0.05, 0) is 52.3 Å². The average Bonchev–Trinajstić information content (AvgIpc) is 3.03. The number of carbonyl (C=O) groups excluding carboxylic acids is 2. The van der Waals surface area contributed by atoms with Gasteiger partial charge < -0.3 is 10.3 Å². The maximum Gasteiger partial charge on any atom is 0.253 e. The number of ketones is 1. The van der Waals surface area contributed by atoms with Crippen LogP contribution >= 0.6 is 0 Å². The quantitative estimate of drug-likeness (QED) is 0.666. The van der Waals surface area contributed by atoms with Crippen LogP contribution in [0.2, 0.25) is 0 Å². The standard InChI is InChI=1S/C21H25N5O3/c1-11(2)26-19-18(10-23-26)16(8-15(25-19)7-14(5)27)20(28)22-9-17-12(3)6-13(4)24-21(17)29/h6,8,10-11H,7,9H2,1-5H3,(H,22,28)(H,24,29). The summed E-state index contributed by atoms with van der Waals surface area (Å²) in [5, 5.41) is 7.78. The lowest BCUT2D eigenvalue weighted by Crippen LogP contribution is -2.28. The van der Waals surface area contributed by atoms with E-state index in [2.05, 4.69) is 20.4 Å². The molecule has 3 heterocycles. The molecule has 0 unspecified atom stereocenters. The summed E-state index contributed by atoms with van der Waals surface area (Å²) in [6, 6.07) is 3.54. The van der Waals surface area contributed by atoms with E-state index in [-0.39, 0.29) is 36.3 Å². The summed E-state index contributed by atoms with van der Waals surface area (Å²) in [6.45, 7) is 9.18. The molecular weight excluding hydrogens is 370 g/mol. The van der Waals surface area contributed by atoms with Crippen LogP contribution in [0.15, 0.2) is 23.1 Å². The van der Waals surface area contributed by atoms with E-state index in [1.54, 1.807) is 16.9 Å². The van der Waals surface area contributed by atoms with Crippen molar-refractivity contribution in [1.82, 2.24) is 25.1 Å². The molecule has 29 heavy (non-hydrogen) atoms. The minimum atomic E-state index is -0.343. The monoisotopic (exact) mass is 395 g/mol. The van der Waals surface area contributed by atoms with Gasteiger partial charge in [0.15, 0.2) is 5.65 Å². The van der Waals surface area contributed by atoms with Crippen molar-refractivity contribution in [3.8, 4) is 0 Å². The van der Waals surface area contributed by atoms with Gasteiger partial charge in [0.2, 0.25) is 0 Å². The van der Waals surface area contributed by atoms with Crippen LogP contribution in [0.25, 0.3) is 11.0 Å². The van der Waals surface area contributed by atoms with Crippen LogP contribution in [-0.2, 0) is 17.8 Å².